The van der Waals surface area contributed by atoms with Gasteiger partial charge in [0.05, 0.1) is 0 Å². The number of sulfonamides is 1. The molecule has 0 aliphatic carbocycles. The number of hydrogen-bond donors (Lipinski definition) is 1. The average Bonchev–Trinajstić information content (AvgIpc) is 3.42. The largest absolute Gasteiger partial charge is 0.355 e. The van der Waals surface area contributed by atoms with Crippen molar-refractivity contribution in [3.05, 3.63) is 63.1 Å². The van der Waals surface area contributed by atoms with Gasteiger partial charge in [0.15, 0.2) is 10.7 Å². The molecule has 1 aliphatic rings. The molecule has 3 heterocycles. The van der Waals surface area contributed by atoms with Gasteiger partial charge >= 0.3 is 0 Å². The van der Waals surface area contributed by atoms with Crippen LogP contribution >= 0.6 is 22.9 Å². The molecule has 2 aromatic heterocycles. The highest BCUT2D eigenvalue weighted by Crippen LogP contribution is 2.30. The van der Waals surface area contributed by atoms with E-state index in [1.54, 1.807) is 54.7 Å². The zero-order valence-corrected chi connectivity index (χ0v) is 19.7. The molecule has 1 amide bonds. The van der Waals surface area contributed by atoms with Gasteiger partial charge < -0.3 is 9.84 Å². The van der Waals surface area contributed by atoms with Crippen molar-refractivity contribution in [2.75, 3.05) is 18.4 Å². The van der Waals surface area contributed by atoms with Gasteiger partial charge in [0.2, 0.25) is 15.9 Å². The van der Waals surface area contributed by atoms with Crippen molar-refractivity contribution in [2.45, 2.75) is 24.7 Å². The van der Waals surface area contributed by atoms with Gasteiger partial charge in [0.25, 0.3) is 0 Å². The molecule has 168 valence electrons. The molecule has 4 rings (SSSR count). The first-order chi connectivity index (χ1) is 15.3. The van der Waals surface area contributed by atoms with Crippen LogP contribution in [0.4, 0.5) is 5.69 Å². The average molecular weight is 492 g/mol. The highest BCUT2D eigenvalue weighted by atomic mass is 35.5. The lowest BCUT2D eigenvalue weighted by Crippen LogP contribution is -2.41. The van der Waals surface area contributed by atoms with Crippen LogP contribution in [0.25, 0.3) is 12.2 Å². The van der Waals surface area contributed by atoms with Crippen LogP contribution in [-0.4, -0.2) is 36.9 Å². The third-order valence-electron chi connectivity index (χ3n) is 5.29. The van der Waals surface area contributed by atoms with Gasteiger partial charge in [0.1, 0.15) is 5.69 Å². The number of nitrogens with one attached hydrogen (secondary N) is 1. The predicted molar refractivity (Wildman–Crippen MR) is 126 cm³/mol. The fourth-order valence-electron chi connectivity index (χ4n) is 3.64. The summed E-state index contributed by atoms with van der Waals surface area (Å²) in [6.07, 6.45) is 4.28. The summed E-state index contributed by atoms with van der Waals surface area (Å²) in [6, 6.07) is 10.8. The zero-order valence-electron chi connectivity index (χ0n) is 17.3. The molecular weight excluding hydrogens is 470 g/mol. The summed E-state index contributed by atoms with van der Waals surface area (Å²) in [6.45, 7) is 2.10. The van der Waals surface area contributed by atoms with Crippen LogP contribution in [0.5, 0.6) is 0 Å². The number of carbonyl (C=O) groups is 1. The lowest BCUT2D eigenvalue weighted by molar-refractivity contribution is -0.120. The second-order valence-electron chi connectivity index (χ2n) is 7.49. The summed E-state index contributed by atoms with van der Waals surface area (Å²) in [4.78, 5) is 13.7. The maximum Gasteiger partial charge on any atom is 0.248 e. The number of aryl methyl sites for hydroxylation is 1. The standard InChI is InChI=1S/C22H22ClN3O4S2/c1-15-21(20(30-25-15)8-7-19-6-3-13-31-19)32(28,29)26-11-9-16(10-12-26)22(27)24-18-5-2-4-17(23)14-18/h2-8,13-14,16H,9-12H2,1H3,(H,24,27)/b8-7+. The van der Waals surface area contributed by atoms with Crippen molar-refractivity contribution in [3.8, 4) is 0 Å². The maximum absolute atomic E-state index is 13.3. The van der Waals surface area contributed by atoms with Crippen LogP contribution in [0, 0.1) is 12.8 Å². The van der Waals surface area contributed by atoms with Crippen molar-refractivity contribution in [3.63, 3.8) is 0 Å². The Kier molecular flexibility index (Phi) is 6.80. The molecule has 0 atom stereocenters. The summed E-state index contributed by atoms with van der Waals surface area (Å²) < 4.78 is 33.4. The number of nitrogens with zero attached hydrogens (tertiary/aromatic N) is 2. The second kappa shape index (κ2) is 9.58. The van der Waals surface area contributed by atoms with Crippen LogP contribution < -0.4 is 5.32 Å². The lowest BCUT2D eigenvalue weighted by atomic mass is 9.97. The van der Waals surface area contributed by atoms with E-state index in [1.807, 2.05) is 17.5 Å². The van der Waals surface area contributed by atoms with E-state index in [1.165, 1.54) is 4.31 Å². The minimum absolute atomic E-state index is 0.0761. The molecule has 1 aliphatic heterocycles. The molecule has 7 nitrogen and oxygen atoms in total. The Morgan fingerprint density at radius 2 is 2.03 bits per heavy atom. The normalized spacial score (nSPS) is 15.9. The summed E-state index contributed by atoms with van der Waals surface area (Å²) in [5.74, 6) is -0.205. The SMILES string of the molecule is Cc1noc(/C=C/c2cccs2)c1S(=O)(=O)N1CCC(C(=O)Nc2cccc(Cl)c2)CC1. The molecule has 0 radical (unpaired) electrons. The first-order valence-corrected chi connectivity index (χ1v) is 12.8. The number of halogens is 1. The number of thiophene rings is 1. The zero-order chi connectivity index (χ0) is 22.7. The Morgan fingerprint density at radius 3 is 2.72 bits per heavy atom. The Labute approximate surface area is 195 Å². The quantitative estimate of drug-likeness (QED) is 0.529. The molecule has 32 heavy (non-hydrogen) atoms. The van der Waals surface area contributed by atoms with Gasteiger partial charge in [-0.2, -0.15) is 4.31 Å². The van der Waals surface area contributed by atoms with E-state index in [-0.39, 0.29) is 35.6 Å². The highest BCUT2D eigenvalue weighted by molar-refractivity contribution is 7.89. The number of rotatable bonds is 6. The van der Waals surface area contributed by atoms with Crippen molar-refractivity contribution < 1.29 is 17.7 Å². The fraction of sp³-hybridized carbons (Fsp3) is 0.273. The van der Waals surface area contributed by atoms with E-state index in [2.05, 4.69) is 10.5 Å². The Morgan fingerprint density at radius 1 is 1.25 bits per heavy atom. The lowest BCUT2D eigenvalue weighted by Gasteiger charge is -2.30. The molecule has 0 unspecified atom stereocenters. The summed E-state index contributed by atoms with van der Waals surface area (Å²) in [5.41, 5.74) is 0.941. The molecule has 3 aromatic rings. The fourth-order valence-corrected chi connectivity index (χ4v) is 6.17. The van der Waals surface area contributed by atoms with E-state index in [4.69, 9.17) is 16.1 Å². The topological polar surface area (TPSA) is 92.5 Å². The maximum atomic E-state index is 13.3. The van der Waals surface area contributed by atoms with Gasteiger partial charge in [-0.05, 0) is 61.6 Å². The first-order valence-electron chi connectivity index (χ1n) is 10.1. The first kappa shape index (κ1) is 22.7. The van der Waals surface area contributed by atoms with Gasteiger partial charge in [0, 0.05) is 34.6 Å². The molecule has 1 aromatic carbocycles. The summed E-state index contributed by atoms with van der Waals surface area (Å²) in [5, 5.41) is 9.21. The van der Waals surface area contributed by atoms with E-state index >= 15 is 0 Å². The third kappa shape index (κ3) is 4.96. The van der Waals surface area contributed by atoms with Crippen molar-refractivity contribution >= 4 is 56.7 Å². The van der Waals surface area contributed by atoms with Gasteiger partial charge in [-0.3, -0.25) is 4.79 Å². The van der Waals surface area contributed by atoms with Crippen LogP contribution in [0.1, 0.15) is 29.2 Å². The third-order valence-corrected chi connectivity index (χ3v) is 8.42. The molecule has 0 bridgehead atoms. The Balaban J connectivity index is 1.44. The van der Waals surface area contributed by atoms with Gasteiger partial charge in [-0.25, -0.2) is 8.42 Å². The molecule has 1 saturated heterocycles. The van der Waals surface area contributed by atoms with Crippen LogP contribution in [0.2, 0.25) is 5.02 Å². The van der Waals surface area contributed by atoms with E-state index in [0.717, 1.165) is 4.88 Å². The van der Waals surface area contributed by atoms with Gasteiger partial charge in [-0.1, -0.05) is 28.9 Å². The number of benzene rings is 1. The highest BCUT2D eigenvalue weighted by Gasteiger charge is 2.35. The number of anilines is 1. The molecule has 10 heteroatoms. The molecule has 0 saturated carbocycles. The van der Waals surface area contributed by atoms with Crippen molar-refractivity contribution in [2.24, 2.45) is 5.92 Å². The minimum atomic E-state index is -3.80. The number of amides is 1. The number of carbonyl (C=O) groups excluding carboxylic acids is 1. The second-order valence-corrected chi connectivity index (χ2v) is 10.8. The van der Waals surface area contributed by atoms with E-state index < -0.39 is 10.0 Å². The van der Waals surface area contributed by atoms with E-state index in [0.29, 0.717) is 29.2 Å². The Bertz CT molecular complexity index is 1230. The van der Waals surface area contributed by atoms with Crippen LogP contribution in [0.3, 0.4) is 0 Å². The summed E-state index contributed by atoms with van der Waals surface area (Å²) >= 11 is 7.51. The van der Waals surface area contributed by atoms with Gasteiger partial charge in [-0.15, -0.1) is 11.3 Å². The number of hydrogen-bond acceptors (Lipinski definition) is 6. The molecule has 1 fully saturated rings. The van der Waals surface area contributed by atoms with Crippen molar-refractivity contribution in [1.82, 2.24) is 9.46 Å². The number of piperidine rings is 1. The Hall–Kier alpha value is -2.46. The van der Waals surface area contributed by atoms with Crippen molar-refractivity contribution in [1.29, 1.82) is 0 Å². The molecule has 0 spiro atoms. The van der Waals surface area contributed by atoms with E-state index in [9.17, 15) is 13.2 Å². The number of aromatic nitrogens is 1. The smallest absolute Gasteiger partial charge is 0.248 e. The summed E-state index contributed by atoms with van der Waals surface area (Å²) in [7, 11) is -3.80. The predicted octanol–water partition coefficient (Wildman–Crippen LogP) is 4.91. The molecule has 1 N–H and O–H groups in total. The van der Waals surface area contributed by atoms with Crippen LogP contribution in [0.15, 0.2) is 51.2 Å². The monoisotopic (exact) mass is 491 g/mol. The molecular formula is C22H22ClN3O4S2. The van der Waals surface area contributed by atoms with Crippen LogP contribution in [-0.2, 0) is 14.8 Å². The minimum Gasteiger partial charge on any atom is -0.355 e.